The molecule has 1 aromatic carbocycles. The predicted molar refractivity (Wildman–Crippen MR) is 127 cm³/mol. The Morgan fingerprint density at radius 1 is 1.09 bits per heavy atom. The minimum atomic E-state index is -0.138. The van der Waals surface area contributed by atoms with E-state index >= 15 is 0 Å². The highest BCUT2D eigenvalue weighted by Crippen LogP contribution is 2.40. The van der Waals surface area contributed by atoms with Crippen LogP contribution in [0.1, 0.15) is 43.3 Å². The van der Waals surface area contributed by atoms with Gasteiger partial charge in [0.05, 0.1) is 5.02 Å². The minimum absolute atomic E-state index is 0.138. The number of piperidine rings is 1. The van der Waals surface area contributed by atoms with E-state index in [0.29, 0.717) is 34.6 Å². The summed E-state index contributed by atoms with van der Waals surface area (Å²) >= 11 is 6.32. The molecule has 0 amide bonds. The second kappa shape index (κ2) is 8.48. The molecule has 3 aromatic rings. The normalized spacial score (nSPS) is 26.2. The van der Waals surface area contributed by atoms with Crippen LogP contribution in [0.25, 0.3) is 0 Å². The van der Waals surface area contributed by atoms with Crippen LogP contribution in [0.4, 0.5) is 11.8 Å². The number of anilines is 2. The van der Waals surface area contributed by atoms with Crippen molar-refractivity contribution >= 4 is 23.4 Å². The van der Waals surface area contributed by atoms with E-state index in [-0.39, 0.29) is 6.10 Å². The molecular formula is C24H28ClN7O. The highest BCUT2D eigenvalue weighted by atomic mass is 35.5. The van der Waals surface area contributed by atoms with E-state index < -0.39 is 0 Å². The number of hydrogen-bond acceptors (Lipinski definition) is 7. The van der Waals surface area contributed by atoms with E-state index in [9.17, 15) is 0 Å². The van der Waals surface area contributed by atoms with Crippen LogP contribution in [0.3, 0.4) is 0 Å². The molecule has 1 aliphatic carbocycles. The third kappa shape index (κ3) is 4.01. The zero-order valence-corrected chi connectivity index (χ0v) is 19.4. The lowest BCUT2D eigenvalue weighted by atomic mass is 9.92. The van der Waals surface area contributed by atoms with Crippen LogP contribution in [0, 0.1) is 18.8 Å². The number of benzene rings is 1. The number of ether oxygens (including phenoxy) is 1. The van der Waals surface area contributed by atoms with Crippen LogP contribution in [-0.2, 0) is 6.54 Å². The van der Waals surface area contributed by atoms with E-state index in [4.69, 9.17) is 26.4 Å². The summed E-state index contributed by atoms with van der Waals surface area (Å²) in [4.78, 5) is 16.0. The smallest absolute Gasteiger partial charge is 0.242 e. The van der Waals surface area contributed by atoms with Crippen molar-refractivity contribution in [3.8, 4) is 5.75 Å². The number of rotatable bonds is 5. The van der Waals surface area contributed by atoms with Gasteiger partial charge < -0.3 is 15.0 Å². The summed E-state index contributed by atoms with van der Waals surface area (Å²) in [5.41, 5.74) is 1.01. The van der Waals surface area contributed by atoms with Crippen molar-refractivity contribution in [3.63, 3.8) is 0 Å². The molecule has 2 aromatic heterocycles. The molecule has 0 spiro atoms. The molecule has 2 bridgehead atoms. The Balaban J connectivity index is 1.17. The largest absolute Gasteiger partial charge is 0.481 e. The molecule has 2 aliphatic heterocycles. The third-order valence-electron chi connectivity index (χ3n) is 7.17. The second-order valence-corrected chi connectivity index (χ2v) is 9.79. The first-order valence-electron chi connectivity index (χ1n) is 11.8. The fourth-order valence-electron chi connectivity index (χ4n) is 5.59. The molecule has 8 nitrogen and oxygen atoms in total. The van der Waals surface area contributed by atoms with Crippen molar-refractivity contribution in [1.29, 1.82) is 0 Å². The summed E-state index contributed by atoms with van der Waals surface area (Å²) in [5, 5.41) is 9.11. The van der Waals surface area contributed by atoms with E-state index in [2.05, 4.69) is 26.3 Å². The number of para-hydroxylation sites is 1. The molecule has 4 heterocycles. The van der Waals surface area contributed by atoms with E-state index in [0.717, 1.165) is 49.8 Å². The molecule has 0 unspecified atom stereocenters. The quantitative estimate of drug-likeness (QED) is 0.602. The van der Waals surface area contributed by atoms with Gasteiger partial charge in [0, 0.05) is 37.4 Å². The van der Waals surface area contributed by atoms with Crippen molar-refractivity contribution < 1.29 is 4.74 Å². The van der Waals surface area contributed by atoms with Crippen LogP contribution in [0.15, 0.2) is 36.7 Å². The van der Waals surface area contributed by atoms with Gasteiger partial charge in [0.15, 0.2) is 11.9 Å². The lowest BCUT2D eigenvalue weighted by Gasteiger charge is -2.38. The van der Waals surface area contributed by atoms with Gasteiger partial charge in [-0.3, -0.25) is 0 Å². The molecule has 172 valence electrons. The van der Waals surface area contributed by atoms with Crippen LogP contribution < -0.4 is 15.0 Å². The topological polar surface area (TPSA) is 81.0 Å². The van der Waals surface area contributed by atoms with Gasteiger partial charge in [0.25, 0.3) is 0 Å². The van der Waals surface area contributed by atoms with Gasteiger partial charge in [-0.1, -0.05) is 23.7 Å². The molecule has 3 aliphatic rings. The Bertz CT molecular complexity index is 1140. The van der Waals surface area contributed by atoms with Gasteiger partial charge in [-0.15, -0.1) is 5.10 Å². The molecule has 33 heavy (non-hydrogen) atoms. The average Bonchev–Trinajstić information content (AvgIpc) is 3.32. The molecule has 4 atom stereocenters. The Hall–Kier alpha value is -2.87. The first-order chi connectivity index (χ1) is 16.1. The Morgan fingerprint density at radius 2 is 1.91 bits per heavy atom. The summed E-state index contributed by atoms with van der Waals surface area (Å²) in [5.74, 6) is 4.43. The number of aryl methyl sites for hydroxylation is 2. The molecule has 2 fully saturated rings. The third-order valence-corrected chi connectivity index (χ3v) is 7.49. The van der Waals surface area contributed by atoms with Gasteiger partial charge in [0.1, 0.15) is 17.9 Å². The number of nitrogens with zero attached hydrogens (tertiary/aromatic N) is 6. The van der Waals surface area contributed by atoms with E-state index in [1.807, 2.05) is 35.9 Å². The van der Waals surface area contributed by atoms with Gasteiger partial charge in [-0.2, -0.15) is 4.98 Å². The minimum Gasteiger partial charge on any atom is -0.481 e. The van der Waals surface area contributed by atoms with Crippen molar-refractivity contribution in [3.05, 3.63) is 53.2 Å². The van der Waals surface area contributed by atoms with Crippen molar-refractivity contribution in [2.45, 2.75) is 51.3 Å². The standard InChI is InChI=1S/C24H28ClN7O/c1-15-11-21(27-14-26-15)31-12-16-8-9-17(13-31)22(16)28-24-29-23-20(7-4-10-32(23)30-24)33-19-6-3-2-5-18(19)25/h2-3,5-6,11,14,16-17,20,22H,4,7-10,12-13H2,1H3,(H,28,30)/t16-,17+,20-,22-/m0/s1. The first-order valence-corrected chi connectivity index (χ1v) is 12.2. The molecule has 1 saturated heterocycles. The summed E-state index contributed by atoms with van der Waals surface area (Å²) < 4.78 is 8.24. The molecule has 6 rings (SSSR count). The molecule has 9 heteroatoms. The van der Waals surface area contributed by atoms with Gasteiger partial charge in [-0.25, -0.2) is 14.6 Å². The van der Waals surface area contributed by atoms with Gasteiger partial charge in [-0.05, 0) is 56.6 Å². The van der Waals surface area contributed by atoms with Crippen molar-refractivity contribution in [1.82, 2.24) is 24.7 Å². The zero-order chi connectivity index (χ0) is 22.4. The Kier molecular flexibility index (Phi) is 5.32. The molecule has 1 saturated carbocycles. The van der Waals surface area contributed by atoms with E-state index in [1.54, 1.807) is 6.33 Å². The number of halogens is 1. The maximum Gasteiger partial charge on any atom is 0.242 e. The first kappa shape index (κ1) is 20.7. The fraction of sp³-hybridized carbons (Fsp3) is 0.500. The molecular weight excluding hydrogens is 438 g/mol. The number of nitrogens with one attached hydrogen (secondary N) is 1. The maximum absolute atomic E-state index is 6.32. The number of hydrogen-bond donors (Lipinski definition) is 1. The Morgan fingerprint density at radius 3 is 2.70 bits per heavy atom. The lowest BCUT2D eigenvalue weighted by molar-refractivity contribution is 0.155. The van der Waals surface area contributed by atoms with E-state index in [1.165, 1.54) is 12.8 Å². The summed E-state index contributed by atoms with van der Waals surface area (Å²) in [6.45, 7) is 4.88. The maximum atomic E-state index is 6.32. The number of fused-ring (bicyclic) bond motifs is 3. The predicted octanol–water partition coefficient (Wildman–Crippen LogP) is 4.27. The number of aromatic nitrogens is 5. The molecule has 1 N–H and O–H groups in total. The van der Waals surface area contributed by atoms with Crippen LogP contribution >= 0.6 is 11.6 Å². The summed E-state index contributed by atoms with van der Waals surface area (Å²) in [6, 6.07) is 10.1. The molecule has 0 radical (unpaired) electrons. The van der Waals surface area contributed by atoms with Crippen LogP contribution in [-0.4, -0.2) is 43.9 Å². The monoisotopic (exact) mass is 465 g/mol. The highest BCUT2D eigenvalue weighted by molar-refractivity contribution is 6.32. The summed E-state index contributed by atoms with van der Waals surface area (Å²) in [6.07, 6.45) is 5.88. The van der Waals surface area contributed by atoms with Crippen molar-refractivity contribution in [2.24, 2.45) is 11.8 Å². The highest BCUT2D eigenvalue weighted by Gasteiger charge is 2.43. The van der Waals surface area contributed by atoms with Crippen molar-refractivity contribution in [2.75, 3.05) is 23.3 Å². The average molecular weight is 466 g/mol. The second-order valence-electron chi connectivity index (χ2n) is 9.39. The van der Waals surface area contributed by atoms with Crippen LogP contribution in [0.5, 0.6) is 5.75 Å². The fourth-order valence-corrected chi connectivity index (χ4v) is 5.77. The van der Waals surface area contributed by atoms with Gasteiger partial charge >= 0.3 is 0 Å². The van der Waals surface area contributed by atoms with Crippen LogP contribution in [0.2, 0.25) is 5.02 Å². The SMILES string of the molecule is Cc1cc(N2C[C@H]3CC[C@@H](C2)[C@@H]3Nc2nc3n(n2)CCC[C@@H]3Oc2ccccc2Cl)ncn1. The zero-order valence-electron chi connectivity index (χ0n) is 18.7. The Labute approximate surface area is 198 Å². The van der Waals surface area contributed by atoms with Gasteiger partial charge in [0.2, 0.25) is 5.95 Å². The lowest BCUT2D eigenvalue weighted by Crippen LogP contribution is -2.48. The summed E-state index contributed by atoms with van der Waals surface area (Å²) in [7, 11) is 0.